The Morgan fingerprint density at radius 3 is 2.43 bits per heavy atom. The average Bonchev–Trinajstić information content (AvgIpc) is 2.49. The molecule has 14 heavy (non-hydrogen) atoms. The van der Waals surface area contributed by atoms with Crippen LogP contribution in [-0.2, 0) is 6.42 Å². The number of thiazole rings is 1. The minimum atomic E-state index is 0.468. The fraction of sp³-hybridized carbons (Fsp3) is 0.667. The summed E-state index contributed by atoms with van der Waals surface area (Å²) in [6.45, 7) is 6.28. The predicted molar refractivity (Wildman–Crippen MR) is 64.7 cm³/mol. The molecule has 82 valence electrons. The fourth-order valence-electron chi connectivity index (χ4n) is 0.920. The van der Waals surface area contributed by atoms with Crippen LogP contribution >= 0.6 is 23.3 Å². The van der Waals surface area contributed by atoms with Crippen LogP contribution < -0.4 is 5.14 Å². The van der Waals surface area contributed by atoms with Gasteiger partial charge in [0.25, 0.3) is 0 Å². The zero-order chi connectivity index (χ0) is 11.1. The number of aliphatic hydroxyl groups excluding tert-OH is 1. The highest BCUT2D eigenvalue weighted by atomic mass is 32.2. The van der Waals surface area contributed by atoms with Gasteiger partial charge in [0.1, 0.15) is 0 Å². The van der Waals surface area contributed by atoms with Crippen LogP contribution in [0.5, 0.6) is 0 Å². The maximum absolute atomic E-state index is 7.00. The molecule has 0 aromatic carbocycles. The van der Waals surface area contributed by atoms with Gasteiger partial charge in [0.15, 0.2) is 0 Å². The molecule has 5 heteroatoms. The highest BCUT2D eigenvalue weighted by molar-refractivity contribution is 7.97. The monoisotopic (exact) mass is 234 g/mol. The van der Waals surface area contributed by atoms with Crippen molar-refractivity contribution in [2.75, 3.05) is 7.11 Å². The number of nitrogens with zero attached hydrogens (tertiary/aromatic N) is 1. The molecular weight excluding hydrogens is 216 g/mol. The molecule has 0 saturated heterocycles. The molecule has 1 aromatic heterocycles. The Bertz CT molecular complexity index is 244. The molecule has 0 fully saturated rings. The van der Waals surface area contributed by atoms with E-state index in [4.69, 9.17) is 10.2 Å². The lowest BCUT2D eigenvalue weighted by atomic mass is 10.3. The third-order valence-corrected chi connectivity index (χ3v) is 3.49. The Morgan fingerprint density at radius 2 is 2.07 bits per heavy atom. The minimum absolute atomic E-state index is 0.468. The SMILES string of the molecule is CO.Cc1nc(CC(C)SN)sc1C. The van der Waals surface area contributed by atoms with E-state index < -0.39 is 0 Å². The van der Waals surface area contributed by atoms with Gasteiger partial charge in [-0.2, -0.15) is 0 Å². The first-order valence-electron chi connectivity index (χ1n) is 4.36. The third kappa shape index (κ3) is 4.41. The summed E-state index contributed by atoms with van der Waals surface area (Å²) in [7, 11) is 1.00. The molecule has 0 saturated carbocycles. The molecule has 1 heterocycles. The van der Waals surface area contributed by atoms with Crippen LogP contribution in [0.2, 0.25) is 0 Å². The van der Waals surface area contributed by atoms with Crippen LogP contribution in [0.4, 0.5) is 0 Å². The largest absolute Gasteiger partial charge is 0.400 e. The van der Waals surface area contributed by atoms with Crippen molar-refractivity contribution in [2.45, 2.75) is 32.4 Å². The highest BCUT2D eigenvalue weighted by Crippen LogP contribution is 2.19. The van der Waals surface area contributed by atoms with Gasteiger partial charge >= 0.3 is 0 Å². The summed E-state index contributed by atoms with van der Waals surface area (Å²) >= 11 is 3.18. The summed E-state index contributed by atoms with van der Waals surface area (Å²) in [4.78, 5) is 5.77. The minimum Gasteiger partial charge on any atom is -0.400 e. The van der Waals surface area contributed by atoms with Crippen molar-refractivity contribution in [3.05, 3.63) is 15.6 Å². The normalized spacial score (nSPS) is 11.9. The van der Waals surface area contributed by atoms with Gasteiger partial charge in [-0.15, -0.1) is 11.3 Å². The van der Waals surface area contributed by atoms with Crippen molar-refractivity contribution in [3.63, 3.8) is 0 Å². The first-order valence-corrected chi connectivity index (χ1v) is 6.12. The van der Waals surface area contributed by atoms with Gasteiger partial charge in [0, 0.05) is 23.7 Å². The number of hydrogen-bond donors (Lipinski definition) is 2. The second-order valence-electron chi connectivity index (χ2n) is 2.90. The van der Waals surface area contributed by atoms with Crippen LogP contribution in [0.1, 0.15) is 22.5 Å². The van der Waals surface area contributed by atoms with Crippen LogP contribution in [0, 0.1) is 13.8 Å². The maximum atomic E-state index is 7.00. The molecule has 0 aliphatic carbocycles. The number of aliphatic hydroxyl groups is 1. The van der Waals surface area contributed by atoms with Gasteiger partial charge in [0.2, 0.25) is 0 Å². The molecule has 1 atom stereocenters. The summed E-state index contributed by atoms with van der Waals surface area (Å²) in [5, 5.41) is 14.1. The van der Waals surface area contributed by atoms with Gasteiger partial charge in [-0.1, -0.05) is 18.9 Å². The van der Waals surface area contributed by atoms with Gasteiger partial charge in [-0.3, -0.25) is 5.14 Å². The summed E-state index contributed by atoms with van der Waals surface area (Å²) < 4.78 is 0. The molecule has 0 amide bonds. The second kappa shape index (κ2) is 7.23. The van der Waals surface area contributed by atoms with Crippen molar-refractivity contribution in [3.8, 4) is 0 Å². The van der Waals surface area contributed by atoms with E-state index in [0.717, 1.165) is 19.2 Å². The molecule has 0 bridgehead atoms. The molecule has 3 nitrogen and oxygen atoms in total. The van der Waals surface area contributed by atoms with E-state index in [1.54, 1.807) is 11.3 Å². The lowest BCUT2D eigenvalue weighted by molar-refractivity contribution is 0.399. The molecular formula is C9H18N2OS2. The summed E-state index contributed by atoms with van der Waals surface area (Å²) in [5.74, 6) is 0. The molecule has 0 spiro atoms. The number of nitrogens with two attached hydrogens (primary N) is 1. The molecule has 0 aliphatic heterocycles. The van der Waals surface area contributed by atoms with E-state index in [0.29, 0.717) is 5.25 Å². The summed E-state index contributed by atoms with van der Waals surface area (Å²) in [6, 6.07) is 0. The zero-order valence-electron chi connectivity index (χ0n) is 9.07. The number of aryl methyl sites for hydroxylation is 2. The molecule has 1 rings (SSSR count). The van der Waals surface area contributed by atoms with Crippen LogP contribution in [-0.4, -0.2) is 22.5 Å². The molecule has 1 unspecified atom stereocenters. The van der Waals surface area contributed by atoms with Crippen molar-refractivity contribution in [2.24, 2.45) is 5.14 Å². The van der Waals surface area contributed by atoms with Crippen molar-refractivity contribution in [1.82, 2.24) is 4.98 Å². The number of hydrogen-bond acceptors (Lipinski definition) is 5. The number of rotatable bonds is 3. The smallest absolute Gasteiger partial charge is 0.0942 e. The van der Waals surface area contributed by atoms with Gasteiger partial charge in [0.05, 0.1) is 10.7 Å². The lowest BCUT2D eigenvalue weighted by Crippen LogP contribution is -2.03. The van der Waals surface area contributed by atoms with E-state index >= 15 is 0 Å². The lowest BCUT2D eigenvalue weighted by Gasteiger charge is -2.02. The van der Waals surface area contributed by atoms with Crippen LogP contribution in [0.15, 0.2) is 0 Å². The Kier molecular flexibility index (Phi) is 7.17. The van der Waals surface area contributed by atoms with Gasteiger partial charge < -0.3 is 5.11 Å². The summed E-state index contributed by atoms with van der Waals surface area (Å²) in [6.07, 6.45) is 0.987. The van der Waals surface area contributed by atoms with E-state index in [9.17, 15) is 0 Å². The first kappa shape index (κ1) is 13.9. The Hall–Kier alpha value is -0.100. The highest BCUT2D eigenvalue weighted by Gasteiger charge is 2.07. The van der Waals surface area contributed by atoms with Crippen molar-refractivity contribution in [1.29, 1.82) is 0 Å². The van der Waals surface area contributed by atoms with Gasteiger partial charge in [-0.05, 0) is 13.8 Å². The molecule has 0 radical (unpaired) electrons. The topological polar surface area (TPSA) is 59.1 Å². The van der Waals surface area contributed by atoms with Crippen LogP contribution in [0.25, 0.3) is 0 Å². The van der Waals surface area contributed by atoms with E-state index in [1.807, 2.05) is 0 Å². The summed E-state index contributed by atoms with van der Waals surface area (Å²) in [5.41, 5.74) is 1.16. The second-order valence-corrected chi connectivity index (χ2v) is 5.26. The third-order valence-electron chi connectivity index (χ3n) is 1.77. The molecule has 1 aromatic rings. The van der Waals surface area contributed by atoms with Crippen molar-refractivity contribution >= 4 is 23.3 Å². The quantitative estimate of drug-likeness (QED) is 0.784. The van der Waals surface area contributed by atoms with E-state index in [-0.39, 0.29) is 0 Å². The fourth-order valence-corrected chi connectivity index (χ4v) is 2.34. The Labute approximate surface area is 93.9 Å². The Morgan fingerprint density at radius 1 is 1.50 bits per heavy atom. The molecule has 3 N–H and O–H groups in total. The van der Waals surface area contributed by atoms with E-state index in [1.165, 1.54) is 21.8 Å². The van der Waals surface area contributed by atoms with E-state index in [2.05, 4.69) is 25.8 Å². The number of aromatic nitrogens is 1. The predicted octanol–water partition coefficient (Wildman–Crippen LogP) is 1.91. The van der Waals surface area contributed by atoms with Crippen LogP contribution in [0.3, 0.4) is 0 Å². The average molecular weight is 234 g/mol. The zero-order valence-corrected chi connectivity index (χ0v) is 10.7. The maximum Gasteiger partial charge on any atom is 0.0942 e. The standard InChI is InChI=1S/C8H14N2S2.CH4O/c1-5(12-9)4-8-10-6(2)7(3)11-8;1-2/h5H,4,9H2,1-3H3;2H,1H3. The molecule has 0 aliphatic rings. The first-order chi connectivity index (χ1) is 6.63. The Balaban J connectivity index is 0.000000791. The van der Waals surface area contributed by atoms with Crippen molar-refractivity contribution < 1.29 is 5.11 Å². The van der Waals surface area contributed by atoms with Gasteiger partial charge in [-0.25, -0.2) is 4.98 Å².